The first-order chi connectivity index (χ1) is 5.83. The van der Waals surface area contributed by atoms with Crippen LogP contribution in [0.25, 0.3) is 17.1 Å². The lowest BCUT2D eigenvalue weighted by atomic mass is 10.2. The third kappa shape index (κ3) is 0.830. The maximum absolute atomic E-state index is 4.20. The Bertz CT molecular complexity index is 428. The Labute approximate surface area is 70.3 Å². The molecule has 0 N–H and O–H groups in total. The summed E-state index contributed by atoms with van der Waals surface area (Å²) >= 11 is 0. The van der Waals surface area contributed by atoms with Crippen molar-refractivity contribution in [1.29, 1.82) is 0 Å². The standard InChI is InChI=1S/C9H9N3/c1-3-7-4-5-10-9-8(7)6-11-12(9)2/h3-6H,1H2,2H3. The molecule has 2 heterocycles. The lowest BCUT2D eigenvalue weighted by Crippen LogP contribution is -1.90. The van der Waals surface area contributed by atoms with E-state index in [1.165, 1.54) is 0 Å². The maximum Gasteiger partial charge on any atom is 0.158 e. The Morgan fingerprint density at radius 1 is 1.58 bits per heavy atom. The number of hydrogen-bond donors (Lipinski definition) is 0. The second-order valence-corrected chi connectivity index (χ2v) is 2.61. The van der Waals surface area contributed by atoms with Gasteiger partial charge in [-0.3, -0.25) is 4.68 Å². The Hall–Kier alpha value is -1.64. The van der Waals surface area contributed by atoms with E-state index in [0.717, 1.165) is 16.6 Å². The Morgan fingerprint density at radius 2 is 2.42 bits per heavy atom. The van der Waals surface area contributed by atoms with Crippen LogP contribution >= 0.6 is 0 Å². The number of nitrogens with zero attached hydrogens (tertiary/aromatic N) is 3. The number of aromatic nitrogens is 3. The highest BCUT2D eigenvalue weighted by molar-refractivity contribution is 5.84. The van der Waals surface area contributed by atoms with Gasteiger partial charge >= 0.3 is 0 Å². The Morgan fingerprint density at radius 3 is 3.17 bits per heavy atom. The third-order valence-electron chi connectivity index (χ3n) is 1.89. The molecule has 0 unspecified atom stereocenters. The van der Waals surface area contributed by atoms with Gasteiger partial charge in [-0.05, 0) is 11.6 Å². The summed E-state index contributed by atoms with van der Waals surface area (Å²) in [6.07, 6.45) is 5.38. The third-order valence-corrected chi connectivity index (χ3v) is 1.89. The molecule has 3 nitrogen and oxygen atoms in total. The minimum absolute atomic E-state index is 0.896. The van der Waals surface area contributed by atoms with Gasteiger partial charge in [0.15, 0.2) is 5.65 Å². The summed E-state index contributed by atoms with van der Waals surface area (Å²) in [5, 5.41) is 5.16. The van der Waals surface area contributed by atoms with Gasteiger partial charge in [-0.1, -0.05) is 12.7 Å². The van der Waals surface area contributed by atoms with Crippen LogP contribution in [-0.4, -0.2) is 14.8 Å². The van der Waals surface area contributed by atoms with E-state index in [1.54, 1.807) is 17.1 Å². The Balaban J connectivity index is 2.89. The molecule has 3 heteroatoms. The fraction of sp³-hybridized carbons (Fsp3) is 0.111. The molecule has 0 bridgehead atoms. The summed E-state index contributed by atoms with van der Waals surface area (Å²) in [6.45, 7) is 3.73. The van der Waals surface area contributed by atoms with Crippen molar-refractivity contribution in [2.75, 3.05) is 0 Å². The molecule has 0 saturated carbocycles. The highest BCUT2D eigenvalue weighted by Gasteiger charge is 2.02. The first-order valence-electron chi connectivity index (χ1n) is 3.72. The van der Waals surface area contributed by atoms with E-state index in [4.69, 9.17) is 0 Å². The van der Waals surface area contributed by atoms with E-state index >= 15 is 0 Å². The van der Waals surface area contributed by atoms with Crippen molar-refractivity contribution < 1.29 is 0 Å². The Kier molecular flexibility index (Phi) is 1.43. The molecule has 0 atom stereocenters. The minimum atomic E-state index is 0.896. The number of pyridine rings is 1. The van der Waals surface area contributed by atoms with Gasteiger partial charge in [0, 0.05) is 18.6 Å². The molecule has 2 rings (SSSR count). The van der Waals surface area contributed by atoms with Crippen molar-refractivity contribution in [3.05, 3.63) is 30.6 Å². The lowest BCUT2D eigenvalue weighted by Gasteiger charge is -1.94. The van der Waals surface area contributed by atoms with Gasteiger partial charge in [-0.15, -0.1) is 0 Å². The van der Waals surface area contributed by atoms with Gasteiger partial charge < -0.3 is 0 Å². The first-order valence-corrected chi connectivity index (χ1v) is 3.72. The molecule has 0 aliphatic rings. The summed E-state index contributed by atoms with van der Waals surface area (Å²) in [5.41, 5.74) is 1.97. The van der Waals surface area contributed by atoms with Crippen LogP contribution < -0.4 is 0 Å². The summed E-state index contributed by atoms with van der Waals surface area (Å²) in [4.78, 5) is 4.20. The van der Waals surface area contributed by atoms with Crippen LogP contribution in [-0.2, 0) is 7.05 Å². The molecule has 0 radical (unpaired) electrons. The molecule has 0 aliphatic carbocycles. The molecule has 2 aromatic rings. The van der Waals surface area contributed by atoms with Crippen molar-refractivity contribution in [2.45, 2.75) is 0 Å². The summed E-state index contributed by atoms with van der Waals surface area (Å²) < 4.78 is 1.75. The number of hydrogen-bond acceptors (Lipinski definition) is 2. The van der Waals surface area contributed by atoms with Crippen molar-refractivity contribution in [2.24, 2.45) is 7.05 Å². The van der Waals surface area contributed by atoms with Gasteiger partial charge in [0.2, 0.25) is 0 Å². The molecule has 60 valence electrons. The van der Waals surface area contributed by atoms with Crippen molar-refractivity contribution >= 4 is 17.1 Å². The van der Waals surface area contributed by atoms with Gasteiger partial charge in [-0.2, -0.15) is 5.10 Å². The van der Waals surface area contributed by atoms with E-state index < -0.39 is 0 Å². The highest BCUT2D eigenvalue weighted by Crippen LogP contribution is 2.15. The molecular formula is C9H9N3. The molecular weight excluding hydrogens is 150 g/mol. The van der Waals surface area contributed by atoms with E-state index in [0.29, 0.717) is 0 Å². The monoisotopic (exact) mass is 159 g/mol. The second kappa shape index (κ2) is 2.44. The minimum Gasteiger partial charge on any atom is -0.250 e. The van der Waals surface area contributed by atoms with Crippen LogP contribution in [0.1, 0.15) is 5.56 Å². The smallest absolute Gasteiger partial charge is 0.158 e. The zero-order valence-corrected chi connectivity index (χ0v) is 6.86. The summed E-state index contributed by atoms with van der Waals surface area (Å²) in [5.74, 6) is 0. The van der Waals surface area contributed by atoms with Crippen LogP contribution in [0.2, 0.25) is 0 Å². The molecule has 0 aromatic carbocycles. The van der Waals surface area contributed by atoms with E-state index in [-0.39, 0.29) is 0 Å². The van der Waals surface area contributed by atoms with Crippen LogP contribution in [0.3, 0.4) is 0 Å². The lowest BCUT2D eigenvalue weighted by molar-refractivity contribution is 0.786. The SMILES string of the molecule is C=Cc1ccnc2c1cnn2C. The fourth-order valence-electron chi connectivity index (χ4n) is 1.24. The number of aryl methyl sites for hydroxylation is 1. The van der Waals surface area contributed by atoms with E-state index in [1.807, 2.05) is 19.2 Å². The second-order valence-electron chi connectivity index (χ2n) is 2.61. The van der Waals surface area contributed by atoms with E-state index in [2.05, 4.69) is 16.7 Å². The van der Waals surface area contributed by atoms with Crippen molar-refractivity contribution in [3.63, 3.8) is 0 Å². The van der Waals surface area contributed by atoms with Crippen molar-refractivity contribution in [3.8, 4) is 0 Å². The molecule has 0 aliphatic heterocycles. The molecule has 0 spiro atoms. The maximum atomic E-state index is 4.20. The molecule has 0 saturated heterocycles. The van der Waals surface area contributed by atoms with Gasteiger partial charge in [-0.25, -0.2) is 4.98 Å². The van der Waals surface area contributed by atoms with Crippen LogP contribution in [0.4, 0.5) is 0 Å². The van der Waals surface area contributed by atoms with E-state index in [9.17, 15) is 0 Å². The summed E-state index contributed by atoms with van der Waals surface area (Å²) in [7, 11) is 1.88. The molecule has 12 heavy (non-hydrogen) atoms. The molecule has 2 aromatic heterocycles. The first kappa shape index (κ1) is 7.03. The van der Waals surface area contributed by atoms with Gasteiger partial charge in [0.05, 0.1) is 6.20 Å². The summed E-state index contributed by atoms with van der Waals surface area (Å²) in [6, 6.07) is 1.93. The van der Waals surface area contributed by atoms with Crippen LogP contribution in [0.5, 0.6) is 0 Å². The van der Waals surface area contributed by atoms with Gasteiger partial charge in [0.25, 0.3) is 0 Å². The number of rotatable bonds is 1. The van der Waals surface area contributed by atoms with Crippen LogP contribution in [0, 0.1) is 0 Å². The average molecular weight is 159 g/mol. The number of fused-ring (bicyclic) bond motifs is 1. The normalized spacial score (nSPS) is 10.4. The molecule has 0 amide bonds. The topological polar surface area (TPSA) is 30.7 Å². The predicted octanol–water partition coefficient (Wildman–Crippen LogP) is 1.61. The van der Waals surface area contributed by atoms with Crippen molar-refractivity contribution in [1.82, 2.24) is 14.8 Å². The highest BCUT2D eigenvalue weighted by atomic mass is 15.3. The largest absolute Gasteiger partial charge is 0.250 e. The van der Waals surface area contributed by atoms with Gasteiger partial charge in [0.1, 0.15) is 0 Å². The quantitative estimate of drug-likeness (QED) is 0.633. The fourth-order valence-corrected chi connectivity index (χ4v) is 1.24. The average Bonchev–Trinajstić information content (AvgIpc) is 2.48. The predicted molar refractivity (Wildman–Crippen MR) is 48.6 cm³/mol. The molecule has 0 fully saturated rings. The van der Waals surface area contributed by atoms with Crippen LogP contribution in [0.15, 0.2) is 25.0 Å². The zero-order chi connectivity index (χ0) is 8.55. The zero-order valence-electron chi connectivity index (χ0n) is 6.86.